The first-order valence-corrected chi connectivity index (χ1v) is 9.86. The molecular weight excluding hydrogens is 388 g/mol. The van der Waals surface area contributed by atoms with Crippen LogP contribution in [0.1, 0.15) is 18.2 Å². The molecule has 0 aliphatic rings. The third-order valence-electron chi connectivity index (χ3n) is 3.99. The van der Waals surface area contributed by atoms with Crippen LogP contribution in [0.5, 0.6) is 5.75 Å². The van der Waals surface area contributed by atoms with Gasteiger partial charge in [0.2, 0.25) is 5.75 Å². The number of aromatic nitrogens is 4. The Balaban J connectivity index is 1.92. The number of methoxy groups -OCH3 is 1. The predicted octanol–water partition coefficient (Wildman–Crippen LogP) is 3.61. The summed E-state index contributed by atoms with van der Waals surface area (Å²) in [6.45, 7) is 3.52. The third-order valence-corrected chi connectivity index (χ3v) is 4.87. The van der Waals surface area contributed by atoms with Crippen molar-refractivity contribution < 1.29 is 9.53 Å². The van der Waals surface area contributed by atoms with E-state index in [2.05, 4.69) is 25.5 Å². The minimum absolute atomic E-state index is 0.142. The van der Waals surface area contributed by atoms with E-state index in [0.29, 0.717) is 34.8 Å². The van der Waals surface area contributed by atoms with Gasteiger partial charge in [0.05, 0.1) is 7.11 Å². The van der Waals surface area contributed by atoms with Gasteiger partial charge in [-0.05, 0) is 43.3 Å². The molecule has 0 amide bonds. The van der Waals surface area contributed by atoms with Crippen LogP contribution in [0.15, 0.2) is 40.4 Å². The lowest BCUT2D eigenvalue weighted by molar-refractivity contribution is -0.116. The summed E-state index contributed by atoms with van der Waals surface area (Å²) < 4.78 is 5.57. The highest BCUT2D eigenvalue weighted by Crippen LogP contribution is 2.37. The van der Waals surface area contributed by atoms with Crippen LogP contribution in [-0.2, 0) is 11.2 Å². The Morgan fingerprint density at radius 2 is 1.97 bits per heavy atom. The maximum atomic E-state index is 11.3. The highest BCUT2D eigenvalue weighted by atomic mass is 32.2. The summed E-state index contributed by atoms with van der Waals surface area (Å²) in [4.78, 5) is 23.4. The summed E-state index contributed by atoms with van der Waals surface area (Å²) in [5.74, 6) is 2.52. The van der Waals surface area contributed by atoms with Crippen LogP contribution in [0.3, 0.4) is 0 Å². The molecule has 1 aromatic carbocycles. The van der Waals surface area contributed by atoms with E-state index in [1.807, 2.05) is 56.3 Å². The number of hydrogen-bond acceptors (Lipinski definition) is 8. The minimum atomic E-state index is 0.142. The Kier molecular flexibility index (Phi) is 6.38. The highest BCUT2D eigenvalue weighted by Gasteiger charge is 2.18. The van der Waals surface area contributed by atoms with Crippen molar-refractivity contribution >= 4 is 35.0 Å². The van der Waals surface area contributed by atoms with Crippen LogP contribution in [-0.4, -0.2) is 47.2 Å². The first kappa shape index (κ1) is 20.7. The molecule has 9 heteroatoms. The summed E-state index contributed by atoms with van der Waals surface area (Å²) in [5.41, 5.74) is 1.93. The fourth-order valence-corrected chi connectivity index (χ4v) is 3.46. The molecule has 3 aromatic rings. The lowest BCUT2D eigenvalue weighted by Gasteiger charge is -2.18. The van der Waals surface area contributed by atoms with Gasteiger partial charge in [0.1, 0.15) is 5.78 Å². The molecule has 29 heavy (non-hydrogen) atoms. The van der Waals surface area contributed by atoms with Crippen molar-refractivity contribution in [1.82, 2.24) is 20.2 Å². The maximum absolute atomic E-state index is 11.3. The largest absolute Gasteiger partial charge is 0.490 e. The molecule has 3 rings (SSSR count). The molecular formula is C20H24N6O2S. The number of hydrogen-bond donors (Lipinski definition) is 2. The Labute approximate surface area is 174 Å². The van der Waals surface area contributed by atoms with Crippen LogP contribution in [0, 0.1) is 6.92 Å². The van der Waals surface area contributed by atoms with E-state index >= 15 is 0 Å². The molecule has 0 saturated heterocycles. The standard InChI is InChI=1S/C20H24N6O2S/c1-12-10-16(25-24-12)21-18-17(28-5)19(26(3)4)23-20(22-18)29-15-8-6-14(7-9-15)11-13(2)27/h6-10H,11H2,1-5H3,(H2,21,22,23,24,25). The fraction of sp³-hybridized carbons (Fsp3) is 0.300. The molecule has 0 atom stereocenters. The van der Waals surface area contributed by atoms with Gasteiger partial charge in [-0.25, -0.2) is 9.97 Å². The number of benzene rings is 1. The molecule has 0 aliphatic heterocycles. The Morgan fingerprint density at radius 3 is 2.52 bits per heavy atom. The van der Waals surface area contributed by atoms with Gasteiger partial charge in [-0.2, -0.15) is 5.10 Å². The van der Waals surface area contributed by atoms with Crippen LogP contribution in [0.2, 0.25) is 0 Å². The normalized spacial score (nSPS) is 10.7. The molecule has 0 saturated carbocycles. The Hall–Kier alpha value is -3.07. The second-order valence-corrected chi connectivity index (χ2v) is 7.83. The van der Waals surface area contributed by atoms with Crippen molar-refractivity contribution in [3.05, 3.63) is 41.6 Å². The number of aryl methyl sites for hydroxylation is 1. The molecule has 0 radical (unpaired) electrons. The second kappa shape index (κ2) is 8.95. The van der Waals surface area contributed by atoms with Crippen molar-refractivity contribution in [1.29, 1.82) is 0 Å². The molecule has 0 unspecified atom stereocenters. The van der Waals surface area contributed by atoms with Gasteiger partial charge in [0.25, 0.3) is 0 Å². The lowest BCUT2D eigenvalue weighted by atomic mass is 10.1. The quantitative estimate of drug-likeness (QED) is 0.542. The SMILES string of the molecule is COc1c(Nc2cc(C)[nH]n2)nc(Sc2ccc(CC(C)=O)cc2)nc1N(C)C. The van der Waals surface area contributed by atoms with Crippen molar-refractivity contribution in [2.75, 3.05) is 31.4 Å². The van der Waals surface area contributed by atoms with Gasteiger partial charge in [-0.3, -0.25) is 9.89 Å². The van der Waals surface area contributed by atoms with E-state index in [-0.39, 0.29) is 5.78 Å². The zero-order valence-corrected chi connectivity index (χ0v) is 17.9. The fourth-order valence-electron chi connectivity index (χ4n) is 2.71. The van der Waals surface area contributed by atoms with Crippen LogP contribution < -0.4 is 15.0 Å². The third kappa shape index (κ3) is 5.26. The molecule has 0 aliphatic carbocycles. The molecule has 2 N–H and O–H groups in total. The van der Waals surface area contributed by atoms with E-state index in [0.717, 1.165) is 16.2 Å². The molecule has 8 nitrogen and oxygen atoms in total. The summed E-state index contributed by atoms with van der Waals surface area (Å²) >= 11 is 1.44. The number of Topliss-reactive ketones (excluding diaryl/α,β-unsaturated/α-hetero) is 1. The average Bonchev–Trinajstić information content (AvgIpc) is 3.07. The topological polar surface area (TPSA) is 96.0 Å². The smallest absolute Gasteiger partial charge is 0.204 e. The zero-order valence-electron chi connectivity index (χ0n) is 17.1. The molecule has 2 aromatic heterocycles. The van der Waals surface area contributed by atoms with Crippen LogP contribution in [0.4, 0.5) is 17.5 Å². The molecule has 0 bridgehead atoms. The molecule has 0 spiro atoms. The average molecular weight is 413 g/mol. The van der Waals surface area contributed by atoms with Crippen molar-refractivity contribution in [3.63, 3.8) is 0 Å². The van der Waals surface area contributed by atoms with Crippen LogP contribution in [0.25, 0.3) is 0 Å². The monoisotopic (exact) mass is 412 g/mol. The van der Waals surface area contributed by atoms with Gasteiger partial charge >= 0.3 is 0 Å². The Bertz CT molecular complexity index is 1000. The molecule has 152 valence electrons. The number of nitrogens with one attached hydrogen (secondary N) is 2. The first-order valence-electron chi connectivity index (χ1n) is 9.04. The number of carbonyl (C=O) groups is 1. The number of anilines is 3. The van der Waals surface area contributed by atoms with Gasteiger partial charge in [-0.15, -0.1) is 0 Å². The number of nitrogens with zero attached hydrogens (tertiary/aromatic N) is 4. The van der Waals surface area contributed by atoms with Crippen molar-refractivity contribution in [2.24, 2.45) is 0 Å². The number of ketones is 1. The second-order valence-electron chi connectivity index (χ2n) is 6.79. The summed E-state index contributed by atoms with van der Waals surface area (Å²) in [6.07, 6.45) is 0.436. The number of carbonyl (C=O) groups excluding carboxylic acids is 1. The van der Waals surface area contributed by atoms with E-state index in [1.165, 1.54) is 11.8 Å². The number of rotatable bonds is 8. The lowest BCUT2D eigenvalue weighted by Crippen LogP contribution is -2.14. The van der Waals surface area contributed by atoms with E-state index in [1.54, 1.807) is 14.0 Å². The Morgan fingerprint density at radius 1 is 1.24 bits per heavy atom. The summed E-state index contributed by atoms with van der Waals surface area (Å²) in [6, 6.07) is 9.72. The van der Waals surface area contributed by atoms with Crippen molar-refractivity contribution in [3.8, 4) is 5.75 Å². The van der Waals surface area contributed by atoms with Gasteiger partial charge in [-0.1, -0.05) is 12.1 Å². The maximum Gasteiger partial charge on any atom is 0.204 e. The molecule has 0 fully saturated rings. The van der Waals surface area contributed by atoms with E-state index < -0.39 is 0 Å². The zero-order chi connectivity index (χ0) is 21.0. The van der Waals surface area contributed by atoms with Crippen molar-refractivity contribution in [2.45, 2.75) is 30.3 Å². The van der Waals surface area contributed by atoms with Gasteiger partial charge in [0, 0.05) is 37.2 Å². The summed E-state index contributed by atoms with van der Waals surface area (Å²) in [7, 11) is 5.39. The van der Waals surface area contributed by atoms with Gasteiger partial charge < -0.3 is 15.0 Å². The number of ether oxygens (including phenoxy) is 1. The first-order chi connectivity index (χ1) is 13.9. The highest BCUT2D eigenvalue weighted by molar-refractivity contribution is 7.99. The van der Waals surface area contributed by atoms with Crippen LogP contribution >= 0.6 is 11.8 Å². The van der Waals surface area contributed by atoms with E-state index in [4.69, 9.17) is 4.74 Å². The minimum Gasteiger partial charge on any atom is -0.490 e. The number of H-pyrrole nitrogens is 1. The van der Waals surface area contributed by atoms with Gasteiger partial charge in [0.15, 0.2) is 22.6 Å². The summed E-state index contributed by atoms with van der Waals surface area (Å²) in [5, 5.41) is 10.9. The molecule has 2 heterocycles. The predicted molar refractivity (Wildman–Crippen MR) is 114 cm³/mol. The van der Waals surface area contributed by atoms with E-state index in [9.17, 15) is 4.79 Å². The number of aromatic amines is 1.